The average molecular weight is 415 g/mol. The molecule has 1 fully saturated rings. The molecule has 0 aromatic heterocycles. The van der Waals surface area contributed by atoms with Gasteiger partial charge in [0.05, 0.1) is 35.8 Å². The van der Waals surface area contributed by atoms with Crippen molar-refractivity contribution in [1.82, 2.24) is 0 Å². The summed E-state index contributed by atoms with van der Waals surface area (Å²) >= 11 is 0. The molecule has 5 nitrogen and oxygen atoms in total. The molecular formula is C22H20F3N3O2. The number of nitrogens with zero attached hydrogens (tertiary/aromatic N) is 1. The van der Waals surface area contributed by atoms with Gasteiger partial charge in [-0.3, -0.25) is 0 Å². The zero-order valence-corrected chi connectivity index (χ0v) is 16.0. The molecule has 30 heavy (non-hydrogen) atoms. The van der Waals surface area contributed by atoms with Crippen molar-refractivity contribution < 1.29 is 22.7 Å². The minimum atomic E-state index is -4.51. The number of hydrogen-bond acceptors (Lipinski definition) is 3. The normalized spacial score (nSPS) is 14.6. The van der Waals surface area contributed by atoms with Gasteiger partial charge >= 0.3 is 12.2 Å². The third kappa shape index (κ3) is 4.33. The van der Waals surface area contributed by atoms with Crippen molar-refractivity contribution >= 4 is 33.9 Å². The number of morpholine rings is 1. The van der Waals surface area contributed by atoms with E-state index in [0.717, 1.165) is 22.9 Å². The zero-order valence-electron chi connectivity index (χ0n) is 16.0. The van der Waals surface area contributed by atoms with Gasteiger partial charge in [0.1, 0.15) is 0 Å². The van der Waals surface area contributed by atoms with Crippen molar-refractivity contribution in [3.8, 4) is 0 Å². The van der Waals surface area contributed by atoms with Crippen LogP contribution in [0.15, 0.2) is 60.7 Å². The van der Waals surface area contributed by atoms with Gasteiger partial charge in [0.15, 0.2) is 0 Å². The Morgan fingerprint density at radius 2 is 1.60 bits per heavy atom. The molecular weight excluding hydrogens is 395 g/mol. The van der Waals surface area contributed by atoms with Crippen LogP contribution in [-0.2, 0) is 10.9 Å². The molecule has 8 heteroatoms. The summed E-state index contributed by atoms with van der Waals surface area (Å²) in [6, 6.07) is 15.8. The predicted molar refractivity (Wildman–Crippen MR) is 111 cm³/mol. The van der Waals surface area contributed by atoms with E-state index in [9.17, 15) is 18.0 Å². The second-order valence-corrected chi connectivity index (χ2v) is 6.93. The number of halogens is 3. The van der Waals surface area contributed by atoms with Gasteiger partial charge in [0.25, 0.3) is 0 Å². The van der Waals surface area contributed by atoms with E-state index in [0.29, 0.717) is 37.7 Å². The summed E-state index contributed by atoms with van der Waals surface area (Å²) in [6.07, 6.45) is -4.51. The molecule has 0 saturated carbocycles. The summed E-state index contributed by atoms with van der Waals surface area (Å²) in [4.78, 5) is 14.6. The van der Waals surface area contributed by atoms with Crippen LogP contribution in [-0.4, -0.2) is 32.3 Å². The van der Waals surface area contributed by atoms with E-state index in [1.54, 1.807) is 12.1 Å². The Morgan fingerprint density at radius 1 is 0.900 bits per heavy atom. The third-order valence-corrected chi connectivity index (χ3v) is 4.96. The molecule has 1 heterocycles. The molecule has 2 N–H and O–H groups in total. The van der Waals surface area contributed by atoms with Crippen LogP contribution >= 0.6 is 0 Å². The standard InChI is InChI=1S/C22H20F3N3O2/c23-22(24,25)16-8-9-20(28-10-12-30-13-11-28)19(14-16)27-21(29)26-18-7-3-5-15-4-1-2-6-17(15)18/h1-9,14H,10-13H2,(H2,26,27,29). The van der Waals surface area contributed by atoms with Crippen LogP contribution in [0.4, 0.5) is 35.0 Å². The number of alkyl halides is 3. The van der Waals surface area contributed by atoms with Crippen LogP contribution < -0.4 is 15.5 Å². The van der Waals surface area contributed by atoms with E-state index in [1.807, 2.05) is 35.2 Å². The van der Waals surface area contributed by atoms with Gasteiger partial charge in [-0.05, 0) is 29.7 Å². The molecule has 1 saturated heterocycles. The second kappa shape index (κ2) is 8.23. The lowest BCUT2D eigenvalue weighted by atomic mass is 10.1. The van der Waals surface area contributed by atoms with Crippen LogP contribution in [0.25, 0.3) is 10.8 Å². The highest BCUT2D eigenvalue weighted by atomic mass is 19.4. The first-order valence-corrected chi connectivity index (χ1v) is 9.51. The minimum absolute atomic E-state index is 0.101. The summed E-state index contributed by atoms with van der Waals surface area (Å²) < 4.78 is 45.0. The molecule has 2 amide bonds. The molecule has 0 bridgehead atoms. The summed E-state index contributed by atoms with van der Waals surface area (Å²) in [5.74, 6) is 0. The number of rotatable bonds is 3. The van der Waals surface area contributed by atoms with E-state index < -0.39 is 17.8 Å². The molecule has 0 atom stereocenters. The average Bonchev–Trinajstić information content (AvgIpc) is 2.74. The van der Waals surface area contributed by atoms with Gasteiger partial charge in [0.2, 0.25) is 0 Å². The van der Waals surface area contributed by atoms with Crippen molar-refractivity contribution in [1.29, 1.82) is 0 Å². The Morgan fingerprint density at radius 3 is 2.37 bits per heavy atom. The van der Waals surface area contributed by atoms with Crippen molar-refractivity contribution in [2.75, 3.05) is 41.8 Å². The van der Waals surface area contributed by atoms with Crippen molar-refractivity contribution in [3.05, 3.63) is 66.2 Å². The van der Waals surface area contributed by atoms with Gasteiger partial charge in [0, 0.05) is 18.5 Å². The first-order chi connectivity index (χ1) is 14.4. The number of ether oxygens (including phenoxy) is 1. The smallest absolute Gasteiger partial charge is 0.378 e. The number of anilines is 3. The highest BCUT2D eigenvalue weighted by molar-refractivity contribution is 6.07. The molecule has 4 rings (SSSR count). The quantitative estimate of drug-likeness (QED) is 0.607. The fourth-order valence-electron chi connectivity index (χ4n) is 3.50. The molecule has 0 spiro atoms. The van der Waals surface area contributed by atoms with Gasteiger partial charge in [-0.15, -0.1) is 0 Å². The summed E-state index contributed by atoms with van der Waals surface area (Å²) in [7, 11) is 0. The monoisotopic (exact) mass is 415 g/mol. The SMILES string of the molecule is O=C(Nc1cc(C(F)(F)F)ccc1N1CCOCC1)Nc1cccc2ccccc12. The van der Waals surface area contributed by atoms with E-state index in [-0.39, 0.29) is 5.69 Å². The summed E-state index contributed by atoms with van der Waals surface area (Å²) in [5, 5.41) is 7.14. The zero-order chi connectivity index (χ0) is 21.1. The fourth-order valence-corrected chi connectivity index (χ4v) is 3.50. The number of carbonyl (C=O) groups is 1. The fraction of sp³-hybridized carbons (Fsp3) is 0.227. The summed E-state index contributed by atoms with van der Waals surface area (Å²) in [5.41, 5.74) is 0.384. The first-order valence-electron chi connectivity index (χ1n) is 9.51. The van der Waals surface area contributed by atoms with Gasteiger partial charge in [-0.2, -0.15) is 13.2 Å². The van der Waals surface area contributed by atoms with Crippen LogP contribution in [0.3, 0.4) is 0 Å². The van der Waals surface area contributed by atoms with E-state index in [2.05, 4.69) is 10.6 Å². The maximum absolute atomic E-state index is 13.2. The van der Waals surface area contributed by atoms with E-state index in [1.165, 1.54) is 6.07 Å². The van der Waals surface area contributed by atoms with Crippen LogP contribution in [0, 0.1) is 0 Å². The third-order valence-electron chi connectivity index (χ3n) is 4.96. The van der Waals surface area contributed by atoms with Crippen LogP contribution in [0.2, 0.25) is 0 Å². The maximum Gasteiger partial charge on any atom is 0.416 e. The van der Waals surface area contributed by atoms with Crippen LogP contribution in [0.5, 0.6) is 0 Å². The number of nitrogens with one attached hydrogen (secondary N) is 2. The lowest BCUT2D eigenvalue weighted by molar-refractivity contribution is -0.137. The lowest BCUT2D eigenvalue weighted by Gasteiger charge is -2.31. The molecule has 3 aromatic carbocycles. The van der Waals surface area contributed by atoms with Crippen molar-refractivity contribution in [2.45, 2.75) is 6.18 Å². The molecule has 3 aromatic rings. The molecule has 0 radical (unpaired) electrons. The number of hydrogen-bond donors (Lipinski definition) is 2. The summed E-state index contributed by atoms with van der Waals surface area (Å²) in [6.45, 7) is 2.02. The highest BCUT2D eigenvalue weighted by Gasteiger charge is 2.32. The second-order valence-electron chi connectivity index (χ2n) is 6.93. The minimum Gasteiger partial charge on any atom is -0.378 e. The maximum atomic E-state index is 13.2. The predicted octanol–water partition coefficient (Wildman–Crippen LogP) is 5.34. The number of urea groups is 1. The van der Waals surface area contributed by atoms with Crippen LogP contribution in [0.1, 0.15) is 5.56 Å². The Balaban J connectivity index is 1.62. The lowest BCUT2D eigenvalue weighted by Crippen LogP contribution is -2.37. The van der Waals surface area contributed by atoms with Crippen molar-refractivity contribution in [2.24, 2.45) is 0 Å². The van der Waals surface area contributed by atoms with E-state index >= 15 is 0 Å². The number of fused-ring (bicyclic) bond motifs is 1. The van der Waals surface area contributed by atoms with Crippen molar-refractivity contribution in [3.63, 3.8) is 0 Å². The largest absolute Gasteiger partial charge is 0.416 e. The number of carbonyl (C=O) groups excluding carboxylic acids is 1. The molecule has 1 aliphatic rings. The van der Waals surface area contributed by atoms with Gasteiger partial charge in [-0.1, -0.05) is 36.4 Å². The molecule has 1 aliphatic heterocycles. The highest BCUT2D eigenvalue weighted by Crippen LogP contribution is 2.36. The Kier molecular flexibility index (Phi) is 5.50. The molecule has 0 unspecified atom stereocenters. The topological polar surface area (TPSA) is 53.6 Å². The Bertz CT molecular complexity index is 1060. The van der Waals surface area contributed by atoms with Gasteiger partial charge in [-0.25, -0.2) is 4.79 Å². The Hall–Kier alpha value is -3.26. The van der Waals surface area contributed by atoms with Gasteiger partial charge < -0.3 is 20.3 Å². The first kappa shape index (κ1) is 20.0. The number of benzene rings is 3. The Labute approximate surface area is 171 Å². The number of amides is 2. The van der Waals surface area contributed by atoms with E-state index in [4.69, 9.17) is 4.74 Å². The molecule has 0 aliphatic carbocycles. The molecule has 156 valence electrons.